The Hall–Kier alpha value is -0.900. The molecular formula is C15H23NO2. The molecule has 100 valence electrons. The lowest BCUT2D eigenvalue weighted by atomic mass is 9.93. The molecule has 0 aliphatic heterocycles. The third-order valence-corrected chi connectivity index (χ3v) is 3.55. The summed E-state index contributed by atoms with van der Waals surface area (Å²) >= 11 is 0. The Morgan fingerprint density at radius 3 is 2.67 bits per heavy atom. The highest BCUT2D eigenvalue weighted by Gasteiger charge is 2.18. The van der Waals surface area contributed by atoms with Gasteiger partial charge in [-0.1, -0.05) is 36.8 Å². The Morgan fingerprint density at radius 1 is 1.33 bits per heavy atom. The van der Waals surface area contributed by atoms with Crippen molar-refractivity contribution in [2.75, 3.05) is 13.2 Å². The van der Waals surface area contributed by atoms with Crippen molar-refractivity contribution in [3.05, 3.63) is 35.9 Å². The fraction of sp³-hybridized carbons (Fsp3) is 0.600. The topological polar surface area (TPSA) is 41.5 Å². The molecule has 18 heavy (non-hydrogen) atoms. The summed E-state index contributed by atoms with van der Waals surface area (Å²) in [6, 6.07) is 10.7. The van der Waals surface area contributed by atoms with Crippen LogP contribution in [0.15, 0.2) is 30.3 Å². The van der Waals surface area contributed by atoms with E-state index in [1.807, 2.05) is 37.3 Å². The first kappa shape index (κ1) is 13.5. The maximum atomic E-state index is 9.83. The van der Waals surface area contributed by atoms with Gasteiger partial charge in [0.05, 0.1) is 18.8 Å². The molecule has 2 atom stereocenters. The summed E-state index contributed by atoms with van der Waals surface area (Å²) < 4.78 is 5.68. The number of ether oxygens (including phenoxy) is 1. The Morgan fingerprint density at radius 2 is 2.06 bits per heavy atom. The average Bonchev–Trinajstić information content (AvgIpc) is 2.35. The maximum absolute atomic E-state index is 9.83. The van der Waals surface area contributed by atoms with Crippen LogP contribution in [0, 0.1) is 0 Å². The van der Waals surface area contributed by atoms with Crippen molar-refractivity contribution < 1.29 is 9.84 Å². The van der Waals surface area contributed by atoms with Gasteiger partial charge in [-0.3, -0.25) is 0 Å². The standard InChI is InChI=1S/C15H23NO2/c1-12(13-6-3-2-4-7-13)18-11-15(17)10-16-14-8-5-9-14/h2-4,6-7,12,14-17H,5,8-11H2,1H3. The average molecular weight is 249 g/mol. The summed E-state index contributed by atoms with van der Waals surface area (Å²) in [7, 11) is 0. The first-order valence-electron chi connectivity index (χ1n) is 6.83. The summed E-state index contributed by atoms with van der Waals surface area (Å²) in [5.41, 5.74) is 1.15. The number of benzene rings is 1. The van der Waals surface area contributed by atoms with Crippen LogP contribution in [-0.2, 0) is 4.74 Å². The lowest BCUT2D eigenvalue weighted by Crippen LogP contribution is -2.41. The van der Waals surface area contributed by atoms with Crippen LogP contribution in [0.3, 0.4) is 0 Å². The van der Waals surface area contributed by atoms with Crippen LogP contribution in [0.25, 0.3) is 0 Å². The highest BCUT2D eigenvalue weighted by Crippen LogP contribution is 2.18. The van der Waals surface area contributed by atoms with Gasteiger partial charge in [0.15, 0.2) is 0 Å². The first-order valence-corrected chi connectivity index (χ1v) is 6.83. The molecule has 0 aromatic heterocycles. The van der Waals surface area contributed by atoms with Crippen LogP contribution >= 0.6 is 0 Å². The van der Waals surface area contributed by atoms with Crippen molar-refractivity contribution in [2.45, 2.75) is 44.4 Å². The lowest BCUT2D eigenvalue weighted by Gasteiger charge is -2.28. The Balaban J connectivity index is 1.64. The minimum Gasteiger partial charge on any atom is -0.389 e. The van der Waals surface area contributed by atoms with Crippen molar-refractivity contribution in [2.24, 2.45) is 0 Å². The molecule has 1 fully saturated rings. The number of rotatable bonds is 7. The van der Waals surface area contributed by atoms with Crippen molar-refractivity contribution in [3.63, 3.8) is 0 Å². The molecule has 0 radical (unpaired) electrons. The largest absolute Gasteiger partial charge is 0.389 e. The molecule has 2 rings (SSSR count). The number of aliphatic hydroxyl groups excluding tert-OH is 1. The highest BCUT2D eigenvalue weighted by atomic mass is 16.5. The van der Waals surface area contributed by atoms with Crippen molar-refractivity contribution >= 4 is 0 Å². The molecule has 2 N–H and O–H groups in total. The van der Waals surface area contributed by atoms with Gasteiger partial charge in [0.25, 0.3) is 0 Å². The second-order valence-corrected chi connectivity index (χ2v) is 5.08. The van der Waals surface area contributed by atoms with Crippen LogP contribution in [0.1, 0.15) is 37.9 Å². The van der Waals surface area contributed by atoms with Crippen LogP contribution in [-0.4, -0.2) is 30.4 Å². The van der Waals surface area contributed by atoms with Crippen LogP contribution in [0.5, 0.6) is 0 Å². The van der Waals surface area contributed by atoms with Gasteiger partial charge in [-0.15, -0.1) is 0 Å². The van der Waals surface area contributed by atoms with E-state index >= 15 is 0 Å². The molecule has 2 unspecified atom stereocenters. The summed E-state index contributed by atoms with van der Waals surface area (Å²) in [5.74, 6) is 0. The van der Waals surface area contributed by atoms with Crippen LogP contribution < -0.4 is 5.32 Å². The number of hydrogen-bond donors (Lipinski definition) is 2. The molecular weight excluding hydrogens is 226 g/mol. The summed E-state index contributed by atoms with van der Waals surface area (Å²) in [5, 5.41) is 13.2. The zero-order chi connectivity index (χ0) is 12.8. The van der Waals surface area contributed by atoms with Gasteiger partial charge in [0.2, 0.25) is 0 Å². The molecule has 0 spiro atoms. The van der Waals surface area contributed by atoms with Crippen molar-refractivity contribution in [3.8, 4) is 0 Å². The Labute approximate surface area is 109 Å². The number of hydrogen-bond acceptors (Lipinski definition) is 3. The smallest absolute Gasteiger partial charge is 0.0898 e. The van der Waals surface area contributed by atoms with Gasteiger partial charge in [-0.05, 0) is 25.3 Å². The quantitative estimate of drug-likeness (QED) is 0.779. The van der Waals surface area contributed by atoms with E-state index in [0.29, 0.717) is 19.2 Å². The number of aliphatic hydroxyl groups is 1. The van der Waals surface area contributed by atoms with E-state index < -0.39 is 6.10 Å². The van der Waals surface area contributed by atoms with E-state index in [-0.39, 0.29) is 6.10 Å². The predicted octanol–water partition coefficient (Wildman–Crippen LogP) is 2.27. The molecule has 3 heteroatoms. The first-order chi connectivity index (χ1) is 8.75. The van der Waals surface area contributed by atoms with Crippen LogP contribution in [0.2, 0.25) is 0 Å². The minimum absolute atomic E-state index is 0.0320. The fourth-order valence-corrected chi connectivity index (χ4v) is 2.05. The fourth-order valence-electron chi connectivity index (χ4n) is 2.05. The van der Waals surface area contributed by atoms with Gasteiger partial charge in [-0.25, -0.2) is 0 Å². The second-order valence-electron chi connectivity index (χ2n) is 5.08. The predicted molar refractivity (Wildman–Crippen MR) is 72.5 cm³/mol. The van der Waals surface area contributed by atoms with Crippen molar-refractivity contribution in [1.29, 1.82) is 0 Å². The zero-order valence-corrected chi connectivity index (χ0v) is 11.0. The van der Waals surface area contributed by atoms with E-state index in [4.69, 9.17) is 4.74 Å². The molecule has 3 nitrogen and oxygen atoms in total. The molecule has 0 amide bonds. The molecule has 0 heterocycles. The molecule has 1 aliphatic carbocycles. The van der Waals surface area contributed by atoms with E-state index in [2.05, 4.69) is 5.32 Å². The van der Waals surface area contributed by atoms with Gasteiger partial charge < -0.3 is 15.2 Å². The number of nitrogens with one attached hydrogen (secondary N) is 1. The third kappa shape index (κ3) is 4.09. The van der Waals surface area contributed by atoms with E-state index in [1.165, 1.54) is 19.3 Å². The van der Waals surface area contributed by atoms with Gasteiger partial charge in [0, 0.05) is 12.6 Å². The van der Waals surface area contributed by atoms with Gasteiger partial charge in [-0.2, -0.15) is 0 Å². The van der Waals surface area contributed by atoms with Crippen LogP contribution in [0.4, 0.5) is 0 Å². The summed E-state index contributed by atoms with van der Waals surface area (Å²) in [4.78, 5) is 0. The lowest BCUT2D eigenvalue weighted by molar-refractivity contribution is -0.00375. The van der Waals surface area contributed by atoms with E-state index in [9.17, 15) is 5.11 Å². The summed E-state index contributed by atoms with van der Waals surface area (Å²) in [6.45, 7) is 3.03. The zero-order valence-electron chi connectivity index (χ0n) is 11.0. The molecule has 1 aromatic rings. The minimum atomic E-state index is -0.420. The van der Waals surface area contributed by atoms with Gasteiger partial charge >= 0.3 is 0 Å². The second kappa shape index (κ2) is 6.88. The molecule has 0 saturated heterocycles. The highest BCUT2D eigenvalue weighted by molar-refractivity contribution is 5.16. The Bertz CT molecular complexity index is 338. The Kier molecular flexibility index (Phi) is 5.17. The molecule has 1 aromatic carbocycles. The molecule has 1 aliphatic rings. The maximum Gasteiger partial charge on any atom is 0.0898 e. The SMILES string of the molecule is CC(OCC(O)CNC1CCC1)c1ccccc1. The normalized spacial score (nSPS) is 19.2. The monoisotopic (exact) mass is 249 g/mol. The molecule has 0 bridgehead atoms. The van der Waals surface area contributed by atoms with Crippen molar-refractivity contribution in [1.82, 2.24) is 5.32 Å². The van der Waals surface area contributed by atoms with Gasteiger partial charge in [0.1, 0.15) is 0 Å². The third-order valence-electron chi connectivity index (χ3n) is 3.55. The molecule has 1 saturated carbocycles. The summed E-state index contributed by atoms with van der Waals surface area (Å²) in [6.07, 6.45) is 3.42. The van der Waals surface area contributed by atoms with E-state index in [0.717, 1.165) is 5.56 Å². The van der Waals surface area contributed by atoms with E-state index in [1.54, 1.807) is 0 Å².